The third kappa shape index (κ3) is 4.71. The highest BCUT2D eigenvalue weighted by atomic mass is 15.1. The zero-order valence-corrected chi connectivity index (χ0v) is 17.5. The van der Waals surface area contributed by atoms with Crippen LogP contribution in [-0.4, -0.2) is 11.5 Å². The molecule has 1 aromatic heterocycles. The maximum atomic E-state index is 4.63. The van der Waals surface area contributed by atoms with Gasteiger partial charge in [0.25, 0.3) is 0 Å². The minimum absolute atomic E-state index is 0.231. The van der Waals surface area contributed by atoms with Gasteiger partial charge in [0.1, 0.15) is 0 Å². The van der Waals surface area contributed by atoms with Gasteiger partial charge in [0, 0.05) is 29.8 Å². The molecule has 27 heavy (non-hydrogen) atoms. The van der Waals surface area contributed by atoms with Crippen molar-refractivity contribution in [3.63, 3.8) is 0 Å². The van der Waals surface area contributed by atoms with E-state index in [1.165, 1.54) is 46.7 Å². The highest BCUT2D eigenvalue weighted by Crippen LogP contribution is 2.36. The van der Waals surface area contributed by atoms with Gasteiger partial charge in [-0.1, -0.05) is 27.4 Å². The third-order valence-electron chi connectivity index (χ3n) is 5.08. The van der Waals surface area contributed by atoms with E-state index >= 15 is 0 Å². The van der Waals surface area contributed by atoms with Crippen LogP contribution in [0.25, 0.3) is 0 Å². The van der Waals surface area contributed by atoms with Crippen molar-refractivity contribution in [2.45, 2.75) is 60.3 Å². The minimum Gasteiger partial charge on any atom is -0.359 e. The largest absolute Gasteiger partial charge is 0.359 e. The summed E-state index contributed by atoms with van der Waals surface area (Å²) in [6.07, 6.45) is 6.32. The average molecular weight is 364 g/mol. The fraction of sp³-hybridized carbons (Fsp3) is 0.458. The number of rotatable bonds is 4. The van der Waals surface area contributed by atoms with Crippen LogP contribution in [0.15, 0.2) is 42.7 Å². The van der Waals surface area contributed by atoms with E-state index in [4.69, 9.17) is 0 Å². The molecule has 1 aromatic carbocycles. The van der Waals surface area contributed by atoms with Crippen molar-refractivity contribution >= 4 is 17.1 Å². The SMILES string of the molecule is C=C(CC(C)(C)C)Nc1c(C)cc(N2CCCCc3ncccc32)cc1C. The Morgan fingerprint density at radius 1 is 1.19 bits per heavy atom. The Hall–Kier alpha value is -2.29. The number of hydrogen-bond donors (Lipinski definition) is 1. The van der Waals surface area contributed by atoms with E-state index in [1.54, 1.807) is 0 Å². The molecular weight excluding hydrogens is 330 g/mol. The van der Waals surface area contributed by atoms with Gasteiger partial charge in [-0.05, 0) is 80.3 Å². The quantitative estimate of drug-likeness (QED) is 0.669. The maximum Gasteiger partial charge on any atom is 0.0640 e. The van der Waals surface area contributed by atoms with Gasteiger partial charge in [-0.2, -0.15) is 0 Å². The molecule has 0 atom stereocenters. The van der Waals surface area contributed by atoms with Gasteiger partial charge in [0.05, 0.1) is 11.4 Å². The molecule has 1 aliphatic heterocycles. The van der Waals surface area contributed by atoms with Gasteiger partial charge < -0.3 is 10.2 Å². The molecule has 0 radical (unpaired) electrons. The van der Waals surface area contributed by atoms with Gasteiger partial charge in [0.2, 0.25) is 0 Å². The molecule has 2 heterocycles. The number of anilines is 3. The van der Waals surface area contributed by atoms with Crippen LogP contribution in [-0.2, 0) is 6.42 Å². The zero-order chi connectivity index (χ0) is 19.6. The summed E-state index contributed by atoms with van der Waals surface area (Å²) >= 11 is 0. The van der Waals surface area contributed by atoms with Gasteiger partial charge >= 0.3 is 0 Å². The molecule has 0 amide bonds. The molecule has 0 aliphatic carbocycles. The second kappa shape index (κ2) is 7.75. The van der Waals surface area contributed by atoms with Crippen LogP contribution < -0.4 is 10.2 Å². The van der Waals surface area contributed by atoms with Crippen molar-refractivity contribution in [1.29, 1.82) is 0 Å². The van der Waals surface area contributed by atoms with E-state index in [1.807, 2.05) is 12.3 Å². The van der Waals surface area contributed by atoms with Crippen LogP contribution in [0, 0.1) is 19.3 Å². The fourth-order valence-electron chi connectivity index (χ4n) is 3.97. The first-order valence-electron chi connectivity index (χ1n) is 10.0. The predicted molar refractivity (Wildman–Crippen MR) is 117 cm³/mol. The summed E-state index contributed by atoms with van der Waals surface area (Å²) in [5.74, 6) is 0. The minimum atomic E-state index is 0.231. The molecule has 144 valence electrons. The van der Waals surface area contributed by atoms with Gasteiger partial charge in [0.15, 0.2) is 0 Å². The number of aromatic nitrogens is 1. The Labute approximate surface area is 164 Å². The average Bonchev–Trinajstić information content (AvgIpc) is 2.79. The van der Waals surface area contributed by atoms with Gasteiger partial charge in [-0.15, -0.1) is 0 Å². The molecule has 0 saturated carbocycles. The Morgan fingerprint density at radius 2 is 1.89 bits per heavy atom. The summed E-state index contributed by atoms with van der Waals surface area (Å²) < 4.78 is 0. The van der Waals surface area contributed by atoms with Crippen molar-refractivity contribution in [1.82, 2.24) is 4.98 Å². The van der Waals surface area contributed by atoms with Gasteiger partial charge in [-0.25, -0.2) is 0 Å². The summed E-state index contributed by atoms with van der Waals surface area (Å²) in [5.41, 5.74) is 8.74. The Balaban J connectivity index is 1.90. The lowest BCUT2D eigenvalue weighted by Gasteiger charge is -2.27. The fourth-order valence-corrected chi connectivity index (χ4v) is 3.97. The molecule has 3 rings (SSSR count). The van der Waals surface area contributed by atoms with Crippen molar-refractivity contribution in [3.8, 4) is 0 Å². The first-order valence-corrected chi connectivity index (χ1v) is 10.0. The number of nitrogens with zero attached hydrogens (tertiary/aromatic N) is 2. The summed E-state index contributed by atoms with van der Waals surface area (Å²) in [6.45, 7) is 16.4. The van der Waals surface area contributed by atoms with Crippen molar-refractivity contribution < 1.29 is 0 Å². The van der Waals surface area contributed by atoms with Crippen molar-refractivity contribution in [2.75, 3.05) is 16.8 Å². The Morgan fingerprint density at radius 3 is 2.56 bits per heavy atom. The van der Waals surface area contributed by atoms with Gasteiger partial charge in [-0.3, -0.25) is 4.98 Å². The second-order valence-corrected chi connectivity index (χ2v) is 9.00. The lowest BCUT2D eigenvalue weighted by atomic mass is 9.90. The molecule has 2 aromatic rings. The summed E-state index contributed by atoms with van der Waals surface area (Å²) in [5, 5.41) is 3.57. The predicted octanol–water partition coefficient (Wildman–Crippen LogP) is 6.53. The summed E-state index contributed by atoms with van der Waals surface area (Å²) in [7, 11) is 0. The number of pyridine rings is 1. The smallest absolute Gasteiger partial charge is 0.0640 e. The number of aryl methyl sites for hydroxylation is 3. The van der Waals surface area contributed by atoms with Crippen LogP contribution in [0.2, 0.25) is 0 Å². The van der Waals surface area contributed by atoms with E-state index in [0.29, 0.717) is 0 Å². The molecule has 3 nitrogen and oxygen atoms in total. The van der Waals surface area contributed by atoms with Crippen LogP contribution >= 0.6 is 0 Å². The van der Waals surface area contributed by atoms with E-state index in [0.717, 1.165) is 25.1 Å². The Kier molecular flexibility index (Phi) is 5.59. The lowest BCUT2D eigenvalue weighted by molar-refractivity contribution is 0.411. The molecule has 0 spiro atoms. The van der Waals surface area contributed by atoms with E-state index in [2.05, 4.69) is 74.6 Å². The standard InChI is InChI=1S/C24H33N3/c1-17-14-20(15-18(2)23(17)26-19(3)16-24(4,5)6)27-13-8-7-10-21-22(27)11-9-12-25-21/h9,11-12,14-15,26H,3,7-8,10,13,16H2,1-2,4-6H3. The molecule has 0 unspecified atom stereocenters. The lowest BCUT2D eigenvalue weighted by Crippen LogP contribution is -2.19. The van der Waals surface area contributed by atoms with E-state index in [-0.39, 0.29) is 5.41 Å². The van der Waals surface area contributed by atoms with Crippen LogP contribution in [0.4, 0.5) is 17.1 Å². The van der Waals surface area contributed by atoms with Crippen LogP contribution in [0.3, 0.4) is 0 Å². The van der Waals surface area contributed by atoms with E-state index < -0.39 is 0 Å². The number of nitrogens with one attached hydrogen (secondary N) is 1. The topological polar surface area (TPSA) is 28.2 Å². The monoisotopic (exact) mass is 363 g/mol. The molecule has 1 aliphatic rings. The van der Waals surface area contributed by atoms with Crippen molar-refractivity contribution in [2.24, 2.45) is 5.41 Å². The molecule has 3 heteroatoms. The summed E-state index contributed by atoms with van der Waals surface area (Å²) in [4.78, 5) is 7.06. The number of fused-ring (bicyclic) bond motifs is 1. The van der Waals surface area contributed by atoms with Crippen molar-refractivity contribution in [3.05, 3.63) is 59.6 Å². The van der Waals surface area contributed by atoms with E-state index in [9.17, 15) is 0 Å². The van der Waals surface area contributed by atoms with Crippen LogP contribution in [0.1, 0.15) is 56.9 Å². The highest BCUT2D eigenvalue weighted by Gasteiger charge is 2.19. The summed E-state index contributed by atoms with van der Waals surface area (Å²) in [6, 6.07) is 8.84. The number of hydrogen-bond acceptors (Lipinski definition) is 3. The second-order valence-electron chi connectivity index (χ2n) is 9.00. The third-order valence-corrected chi connectivity index (χ3v) is 5.08. The zero-order valence-electron chi connectivity index (χ0n) is 17.5. The maximum absolute atomic E-state index is 4.63. The molecule has 0 saturated heterocycles. The molecular formula is C24H33N3. The number of allylic oxidation sites excluding steroid dienone is 1. The Bertz CT molecular complexity index is 807. The first kappa shape index (κ1) is 19.5. The molecule has 0 bridgehead atoms. The normalized spacial score (nSPS) is 14.5. The molecule has 1 N–H and O–H groups in total. The highest BCUT2D eigenvalue weighted by molar-refractivity contribution is 5.72. The van der Waals surface area contributed by atoms with Crippen LogP contribution in [0.5, 0.6) is 0 Å². The number of benzene rings is 1. The molecule has 0 fully saturated rings. The first-order chi connectivity index (χ1) is 12.7.